The van der Waals surface area contributed by atoms with Gasteiger partial charge in [-0.2, -0.15) is 0 Å². The smallest absolute Gasteiger partial charge is 0.410 e. The molecule has 2 rings (SSSR count). The lowest BCUT2D eigenvalue weighted by Gasteiger charge is -2.30. The quantitative estimate of drug-likeness (QED) is 0.791. The molecule has 1 amide bonds. The van der Waals surface area contributed by atoms with E-state index in [9.17, 15) is 4.79 Å². The minimum absolute atomic E-state index is 0.245. The van der Waals surface area contributed by atoms with Gasteiger partial charge in [-0.3, -0.25) is 0 Å². The Kier molecular flexibility index (Phi) is 4.11. The van der Waals surface area contributed by atoms with Gasteiger partial charge in [-0.15, -0.1) is 11.3 Å². The number of nitrogen functional groups attached to an aromatic ring is 1. The van der Waals surface area contributed by atoms with Crippen LogP contribution in [-0.2, 0) is 23.0 Å². The Morgan fingerprint density at radius 1 is 1.53 bits per heavy atom. The van der Waals surface area contributed by atoms with Gasteiger partial charge in [0.25, 0.3) is 0 Å². The number of hydrogen-bond acceptors (Lipinski definition) is 4. The van der Waals surface area contributed by atoms with Gasteiger partial charge in [0.2, 0.25) is 0 Å². The van der Waals surface area contributed by atoms with E-state index in [-0.39, 0.29) is 6.09 Å². The van der Waals surface area contributed by atoms with E-state index in [0.717, 1.165) is 16.8 Å². The Morgan fingerprint density at radius 3 is 2.79 bits per heavy atom. The van der Waals surface area contributed by atoms with Gasteiger partial charge in [0.15, 0.2) is 0 Å². The maximum absolute atomic E-state index is 12.1. The summed E-state index contributed by atoms with van der Waals surface area (Å²) in [5, 5.41) is 1.63. The molecule has 19 heavy (non-hydrogen) atoms. The summed E-state index contributed by atoms with van der Waals surface area (Å²) < 4.78 is 5.41. The van der Waals surface area contributed by atoms with Gasteiger partial charge in [0.1, 0.15) is 5.60 Å². The van der Waals surface area contributed by atoms with Crippen LogP contribution in [0.2, 0.25) is 0 Å². The number of amides is 1. The molecule has 1 aliphatic heterocycles. The first kappa shape index (κ1) is 14.7. The van der Waals surface area contributed by atoms with Crippen LogP contribution >= 0.6 is 27.3 Å². The van der Waals surface area contributed by atoms with Crippen molar-refractivity contribution >= 4 is 38.4 Å². The molecule has 1 aromatic heterocycles. The Bertz CT molecular complexity index is 494. The topological polar surface area (TPSA) is 55.6 Å². The second-order valence-electron chi connectivity index (χ2n) is 5.63. The molecule has 4 nitrogen and oxygen atoms in total. The molecule has 0 spiro atoms. The number of carbonyl (C=O) groups excluding carboxylic acids is 1. The van der Waals surface area contributed by atoms with E-state index in [1.165, 1.54) is 16.0 Å². The van der Waals surface area contributed by atoms with Crippen molar-refractivity contribution in [2.45, 2.75) is 44.7 Å². The zero-order valence-electron chi connectivity index (χ0n) is 11.5. The molecule has 2 heterocycles. The molecule has 1 aliphatic rings. The minimum Gasteiger partial charge on any atom is -0.444 e. The molecule has 0 fully saturated rings. The molecule has 106 valence electrons. The fraction of sp³-hybridized carbons (Fsp3) is 0.615. The number of alkyl halides is 1. The molecule has 6 heteroatoms. The Morgan fingerprint density at radius 2 is 2.21 bits per heavy atom. The maximum atomic E-state index is 12.1. The third-order valence-corrected chi connectivity index (χ3v) is 4.63. The number of hydrogen-bond donors (Lipinski definition) is 1. The standard InChI is InChI=1S/C13H19BrN2O2S/c1-13(2,3)18-12(17)16-5-4-8-9(6-14)11(15)19-10(8)7-16/h4-7,15H2,1-3H3. The number of rotatable bonds is 1. The molecule has 1 aromatic rings. The second-order valence-corrected chi connectivity index (χ2v) is 7.33. The van der Waals surface area contributed by atoms with E-state index in [1.54, 1.807) is 16.2 Å². The molecule has 0 atom stereocenters. The average Bonchev–Trinajstić information content (AvgIpc) is 2.60. The molecule has 0 aromatic carbocycles. The first-order chi connectivity index (χ1) is 8.81. The molecule has 2 N–H and O–H groups in total. The van der Waals surface area contributed by atoms with Crippen molar-refractivity contribution in [1.82, 2.24) is 4.90 Å². The third-order valence-electron chi connectivity index (χ3n) is 2.98. The number of nitrogens with two attached hydrogens (primary N) is 1. The molecule has 0 radical (unpaired) electrons. The van der Waals surface area contributed by atoms with Crippen molar-refractivity contribution < 1.29 is 9.53 Å². The number of carbonyl (C=O) groups is 1. The highest BCUT2D eigenvalue weighted by Crippen LogP contribution is 2.36. The van der Waals surface area contributed by atoms with Crippen LogP contribution in [0.5, 0.6) is 0 Å². The highest BCUT2D eigenvalue weighted by Gasteiger charge is 2.28. The molecule has 0 unspecified atom stereocenters. The van der Waals surface area contributed by atoms with Crippen LogP contribution in [0.15, 0.2) is 0 Å². The van der Waals surface area contributed by atoms with Crippen molar-refractivity contribution in [3.63, 3.8) is 0 Å². The maximum Gasteiger partial charge on any atom is 0.410 e. The highest BCUT2D eigenvalue weighted by atomic mass is 79.9. The van der Waals surface area contributed by atoms with Gasteiger partial charge in [-0.1, -0.05) is 15.9 Å². The van der Waals surface area contributed by atoms with Gasteiger partial charge >= 0.3 is 6.09 Å². The van der Waals surface area contributed by atoms with Gasteiger partial charge in [-0.05, 0) is 32.8 Å². The van der Waals surface area contributed by atoms with Gasteiger partial charge in [0.05, 0.1) is 11.5 Å². The average molecular weight is 347 g/mol. The summed E-state index contributed by atoms with van der Waals surface area (Å²) in [4.78, 5) is 15.0. The summed E-state index contributed by atoms with van der Waals surface area (Å²) in [5.41, 5.74) is 8.05. The molecular formula is C13H19BrN2O2S. The fourth-order valence-electron chi connectivity index (χ4n) is 2.12. The van der Waals surface area contributed by atoms with Crippen molar-refractivity contribution in [3.05, 3.63) is 16.0 Å². The summed E-state index contributed by atoms with van der Waals surface area (Å²) >= 11 is 5.05. The fourth-order valence-corrected chi connectivity index (χ4v) is 4.10. The number of halogens is 1. The summed E-state index contributed by atoms with van der Waals surface area (Å²) in [6.07, 6.45) is 0.606. The Hall–Kier alpha value is -0.750. The lowest BCUT2D eigenvalue weighted by molar-refractivity contribution is 0.0226. The van der Waals surface area contributed by atoms with E-state index in [2.05, 4.69) is 15.9 Å². The predicted molar refractivity (Wildman–Crippen MR) is 81.7 cm³/mol. The van der Waals surface area contributed by atoms with Crippen LogP contribution in [0.4, 0.5) is 9.80 Å². The SMILES string of the molecule is CC(C)(C)OC(=O)N1CCc2c(sc(N)c2CBr)C1. The summed E-state index contributed by atoms with van der Waals surface area (Å²) in [6, 6.07) is 0. The van der Waals surface area contributed by atoms with Crippen molar-refractivity contribution in [2.24, 2.45) is 0 Å². The van der Waals surface area contributed by atoms with Crippen LogP contribution < -0.4 is 5.73 Å². The Balaban J connectivity index is 2.12. The number of fused-ring (bicyclic) bond motifs is 1. The van der Waals surface area contributed by atoms with E-state index >= 15 is 0 Å². The van der Waals surface area contributed by atoms with Crippen LogP contribution in [-0.4, -0.2) is 23.1 Å². The zero-order chi connectivity index (χ0) is 14.2. The van der Waals surface area contributed by atoms with E-state index < -0.39 is 5.60 Å². The minimum atomic E-state index is -0.452. The molecule has 0 saturated heterocycles. The zero-order valence-corrected chi connectivity index (χ0v) is 13.9. The predicted octanol–water partition coefficient (Wildman–Crippen LogP) is 3.52. The van der Waals surface area contributed by atoms with Crippen LogP contribution in [0, 0.1) is 0 Å². The lowest BCUT2D eigenvalue weighted by atomic mass is 10.0. The first-order valence-corrected chi connectivity index (χ1v) is 8.18. The molecule has 0 aliphatic carbocycles. The van der Waals surface area contributed by atoms with Crippen molar-refractivity contribution in [3.8, 4) is 0 Å². The lowest BCUT2D eigenvalue weighted by Crippen LogP contribution is -2.39. The summed E-state index contributed by atoms with van der Waals surface area (Å²) in [5.74, 6) is 0. The molecule has 0 saturated carbocycles. The summed E-state index contributed by atoms with van der Waals surface area (Å²) in [6.45, 7) is 6.94. The largest absolute Gasteiger partial charge is 0.444 e. The summed E-state index contributed by atoms with van der Waals surface area (Å²) in [7, 11) is 0. The first-order valence-electron chi connectivity index (χ1n) is 6.24. The normalized spacial score (nSPS) is 15.3. The number of ether oxygens (including phenoxy) is 1. The Labute approximate surface area is 126 Å². The molecule has 0 bridgehead atoms. The van der Waals surface area contributed by atoms with Gasteiger partial charge in [0, 0.05) is 22.3 Å². The highest BCUT2D eigenvalue weighted by molar-refractivity contribution is 9.08. The third kappa shape index (κ3) is 3.23. The van der Waals surface area contributed by atoms with Crippen molar-refractivity contribution in [1.29, 1.82) is 0 Å². The van der Waals surface area contributed by atoms with Crippen LogP contribution in [0.25, 0.3) is 0 Å². The van der Waals surface area contributed by atoms with E-state index in [1.807, 2.05) is 20.8 Å². The van der Waals surface area contributed by atoms with E-state index in [4.69, 9.17) is 10.5 Å². The number of thiophene rings is 1. The van der Waals surface area contributed by atoms with Gasteiger partial charge < -0.3 is 15.4 Å². The number of anilines is 1. The van der Waals surface area contributed by atoms with Crippen molar-refractivity contribution in [2.75, 3.05) is 12.3 Å². The monoisotopic (exact) mass is 346 g/mol. The van der Waals surface area contributed by atoms with Crippen LogP contribution in [0.1, 0.15) is 36.8 Å². The molecular weight excluding hydrogens is 328 g/mol. The van der Waals surface area contributed by atoms with E-state index in [0.29, 0.717) is 13.1 Å². The number of nitrogens with zero attached hydrogens (tertiary/aromatic N) is 1. The second kappa shape index (κ2) is 5.32. The van der Waals surface area contributed by atoms with Gasteiger partial charge in [-0.25, -0.2) is 4.79 Å². The van der Waals surface area contributed by atoms with Crippen LogP contribution in [0.3, 0.4) is 0 Å².